The average Bonchev–Trinajstić information content (AvgIpc) is 2.27. The molecule has 0 spiro atoms. The highest BCUT2D eigenvalue weighted by Gasteiger charge is 2.24. The van der Waals surface area contributed by atoms with Crippen molar-refractivity contribution in [2.24, 2.45) is 0 Å². The van der Waals surface area contributed by atoms with Gasteiger partial charge in [0.05, 0.1) is 13.7 Å². The number of nitrogens with one attached hydrogen (secondary N) is 1. The molecule has 1 heterocycles. The van der Waals surface area contributed by atoms with Crippen molar-refractivity contribution in [3.05, 3.63) is 0 Å². The number of ether oxygens (including phenoxy) is 1. The molecule has 0 aliphatic carbocycles. The molecule has 0 radical (unpaired) electrons. The summed E-state index contributed by atoms with van der Waals surface area (Å²) < 4.78 is 4.73. The first kappa shape index (κ1) is 13.5. The van der Waals surface area contributed by atoms with E-state index in [2.05, 4.69) is 24.1 Å². The summed E-state index contributed by atoms with van der Waals surface area (Å²) >= 11 is 0. The van der Waals surface area contributed by atoms with Gasteiger partial charge in [0.25, 0.3) is 0 Å². The summed E-state index contributed by atoms with van der Waals surface area (Å²) in [5.74, 6) is -0.128. The molecule has 1 saturated heterocycles. The Balaban J connectivity index is 2.40. The van der Waals surface area contributed by atoms with Crippen molar-refractivity contribution in [2.75, 3.05) is 26.7 Å². The van der Waals surface area contributed by atoms with E-state index in [-0.39, 0.29) is 5.97 Å². The van der Waals surface area contributed by atoms with Crippen LogP contribution in [0.5, 0.6) is 0 Å². The fourth-order valence-electron chi connectivity index (χ4n) is 2.10. The van der Waals surface area contributed by atoms with Crippen LogP contribution in [0.3, 0.4) is 0 Å². The Bertz CT molecular complexity index is 219. The Hall–Kier alpha value is -0.610. The number of esters is 1. The number of hydrogen-bond donors (Lipinski definition) is 1. The third-order valence-electron chi connectivity index (χ3n) is 3.07. The van der Waals surface area contributed by atoms with Gasteiger partial charge in [-0.1, -0.05) is 20.3 Å². The fourth-order valence-corrected chi connectivity index (χ4v) is 2.10. The van der Waals surface area contributed by atoms with Crippen LogP contribution < -0.4 is 5.32 Å². The van der Waals surface area contributed by atoms with E-state index in [9.17, 15) is 4.79 Å². The molecule has 0 aromatic heterocycles. The van der Waals surface area contributed by atoms with Crippen LogP contribution in [0.25, 0.3) is 0 Å². The maximum absolute atomic E-state index is 11.3. The molecule has 4 nitrogen and oxygen atoms in total. The Labute approximate surface area is 98.3 Å². The van der Waals surface area contributed by atoms with Gasteiger partial charge in [0.1, 0.15) is 0 Å². The van der Waals surface area contributed by atoms with Crippen molar-refractivity contribution < 1.29 is 9.53 Å². The Morgan fingerprint density at radius 2 is 2.25 bits per heavy atom. The average molecular weight is 228 g/mol. The van der Waals surface area contributed by atoms with E-state index in [1.54, 1.807) is 0 Å². The highest BCUT2D eigenvalue weighted by atomic mass is 16.5. The summed E-state index contributed by atoms with van der Waals surface area (Å²) in [6, 6.07) is 0.983. The van der Waals surface area contributed by atoms with Crippen molar-refractivity contribution in [2.45, 2.75) is 45.2 Å². The van der Waals surface area contributed by atoms with Crippen LogP contribution in [0.1, 0.15) is 33.1 Å². The molecule has 1 atom stereocenters. The Kier molecular flexibility index (Phi) is 5.77. The summed E-state index contributed by atoms with van der Waals surface area (Å²) in [5.41, 5.74) is 0. The summed E-state index contributed by atoms with van der Waals surface area (Å²) in [6.45, 7) is 6.70. The molecular weight excluding hydrogens is 204 g/mol. The molecule has 4 heteroatoms. The van der Waals surface area contributed by atoms with E-state index in [1.807, 2.05) is 0 Å². The maximum Gasteiger partial charge on any atom is 0.319 e. The number of methoxy groups -OCH3 is 1. The van der Waals surface area contributed by atoms with Gasteiger partial charge in [-0.3, -0.25) is 9.69 Å². The highest BCUT2D eigenvalue weighted by Crippen LogP contribution is 2.16. The molecule has 0 aromatic rings. The largest absolute Gasteiger partial charge is 0.468 e. The van der Waals surface area contributed by atoms with E-state index in [0.717, 1.165) is 13.1 Å². The van der Waals surface area contributed by atoms with Crippen molar-refractivity contribution in [3.63, 3.8) is 0 Å². The summed E-state index contributed by atoms with van der Waals surface area (Å²) in [7, 11) is 1.45. The van der Waals surface area contributed by atoms with Crippen LogP contribution in [0, 0.1) is 0 Å². The molecule has 1 rings (SSSR count). The quantitative estimate of drug-likeness (QED) is 0.713. The molecule has 0 aromatic carbocycles. The first-order valence-corrected chi connectivity index (χ1v) is 6.17. The molecule has 94 valence electrons. The van der Waals surface area contributed by atoms with Gasteiger partial charge in [-0.15, -0.1) is 0 Å². The molecule has 0 amide bonds. The second-order valence-electron chi connectivity index (χ2n) is 4.76. The second-order valence-corrected chi connectivity index (χ2v) is 4.76. The van der Waals surface area contributed by atoms with Crippen molar-refractivity contribution in [3.8, 4) is 0 Å². The first-order chi connectivity index (χ1) is 7.63. The smallest absolute Gasteiger partial charge is 0.319 e. The lowest BCUT2D eigenvalue weighted by Crippen LogP contribution is -2.48. The van der Waals surface area contributed by atoms with E-state index >= 15 is 0 Å². The first-order valence-electron chi connectivity index (χ1n) is 6.17. The van der Waals surface area contributed by atoms with Gasteiger partial charge in [0.2, 0.25) is 0 Å². The van der Waals surface area contributed by atoms with Gasteiger partial charge in [0, 0.05) is 18.6 Å². The standard InChI is InChI=1S/C12H24N2O2/c1-10(2)13-8-11-6-4-5-7-14(11)9-12(15)16-3/h10-11,13H,4-9H2,1-3H3. The van der Waals surface area contributed by atoms with Crippen molar-refractivity contribution in [1.29, 1.82) is 0 Å². The zero-order chi connectivity index (χ0) is 12.0. The third kappa shape index (κ3) is 4.49. The van der Waals surface area contributed by atoms with Crippen LogP contribution >= 0.6 is 0 Å². The van der Waals surface area contributed by atoms with Gasteiger partial charge in [-0.2, -0.15) is 0 Å². The maximum atomic E-state index is 11.3. The van der Waals surface area contributed by atoms with Gasteiger partial charge in [0.15, 0.2) is 0 Å². The summed E-state index contributed by atoms with van der Waals surface area (Å²) in [4.78, 5) is 13.5. The SMILES string of the molecule is COC(=O)CN1CCCCC1CNC(C)C. The monoisotopic (exact) mass is 228 g/mol. The molecular formula is C12H24N2O2. The molecule has 1 aliphatic rings. The van der Waals surface area contributed by atoms with Crippen LogP contribution in [0.4, 0.5) is 0 Å². The van der Waals surface area contributed by atoms with Gasteiger partial charge >= 0.3 is 5.97 Å². The zero-order valence-electron chi connectivity index (χ0n) is 10.7. The number of nitrogens with zero attached hydrogens (tertiary/aromatic N) is 1. The number of carbonyl (C=O) groups is 1. The lowest BCUT2D eigenvalue weighted by molar-refractivity contribution is -0.142. The Morgan fingerprint density at radius 3 is 2.88 bits per heavy atom. The summed E-state index contributed by atoms with van der Waals surface area (Å²) in [5, 5.41) is 3.44. The minimum absolute atomic E-state index is 0.128. The molecule has 1 aliphatic heterocycles. The van der Waals surface area contributed by atoms with Gasteiger partial charge in [-0.25, -0.2) is 0 Å². The number of hydrogen-bond acceptors (Lipinski definition) is 4. The zero-order valence-corrected chi connectivity index (χ0v) is 10.7. The predicted molar refractivity (Wildman–Crippen MR) is 64.4 cm³/mol. The molecule has 1 unspecified atom stereocenters. The van der Waals surface area contributed by atoms with Gasteiger partial charge < -0.3 is 10.1 Å². The predicted octanol–water partition coefficient (Wildman–Crippen LogP) is 1.01. The molecule has 16 heavy (non-hydrogen) atoms. The van der Waals surface area contributed by atoms with Crippen molar-refractivity contribution >= 4 is 5.97 Å². The Morgan fingerprint density at radius 1 is 1.50 bits per heavy atom. The van der Waals surface area contributed by atoms with E-state index in [0.29, 0.717) is 18.6 Å². The molecule has 1 N–H and O–H groups in total. The van der Waals surface area contributed by atoms with Gasteiger partial charge in [-0.05, 0) is 19.4 Å². The summed E-state index contributed by atoms with van der Waals surface area (Å²) in [6.07, 6.45) is 3.63. The second kappa shape index (κ2) is 6.86. The lowest BCUT2D eigenvalue weighted by Gasteiger charge is -2.35. The highest BCUT2D eigenvalue weighted by molar-refractivity contribution is 5.71. The lowest BCUT2D eigenvalue weighted by atomic mass is 10.0. The van der Waals surface area contributed by atoms with E-state index in [1.165, 1.54) is 26.4 Å². The third-order valence-corrected chi connectivity index (χ3v) is 3.07. The molecule has 0 bridgehead atoms. The van der Waals surface area contributed by atoms with E-state index < -0.39 is 0 Å². The van der Waals surface area contributed by atoms with Crippen LogP contribution in [0.2, 0.25) is 0 Å². The minimum Gasteiger partial charge on any atom is -0.468 e. The van der Waals surface area contributed by atoms with Crippen LogP contribution in [-0.4, -0.2) is 49.7 Å². The minimum atomic E-state index is -0.128. The number of piperidine rings is 1. The van der Waals surface area contributed by atoms with E-state index in [4.69, 9.17) is 4.74 Å². The van der Waals surface area contributed by atoms with Crippen LogP contribution in [-0.2, 0) is 9.53 Å². The molecule has 0 saturated carbocycles. The molecule has 1 fully saturated rings. The normalized spacial score (nSPS) is 22.4. The topological polar surface area (TPSA) is 41.6 Å². The van der Waals surface area contributed by atoms with Crippen LogP contribution in [0.15, 0.2) is 0 Å². The number of rotatable bonds is 5. The van der Waals surface area contributed by atoms with Crippen molar-refractivity contribution in [1.82, 2.24) is 10.2 Å². The fraction of sp³-hybridized carbons (Fsp3) is 0.917. The number of carbonyl (C=O) groups excluding carboxylic acids is 1. The number of likely N-dealkylation sites (tertiary alicyclic amines) is 1.